The van der Waals surface area contributed by atoms with Crippen molar-refractivity contribution >= 4 is 33.5 Å². The van der Waals surface area contributed by atoms with Crippen LogP contribution < -0.4 is 16.6 Å². The lowest BCUT2D eigenvalue weighted by Gasteiger charge is -2.11. The van der Waals surface area contributed by atoms with Crippen LogP contribution in [0.15, 0.2) is 23.4 Å². The van der Waals surface area contributed by atoms with Crippen molar-refractivity contribution in [2.75, 3.05) is 18.6 Å². The SMILES string of the molecule is C=C(CC/C(C(=O)NN)=C(\C)C(=O)O)NCCSSC. The zero-order valence-electron chi connectivity index (χ0n) is 11.7. The molecule has 0 unspecified atom stereocenters. The number of carboxylic acid groups (broad SMARTS) is 1. The molecule has 0 atom stereocenters. The molecule has 20 heavy (non-hydrogen) atoms. The Balaban J connectivity index is 4.42. The molecule has 0 aromatic carbocycles. The molecule has 0 aliphatic rings. The lowest BCUT2D eigenvalue weighted by atomic mass is 10.0. The topological polar surface area (TPSA) is 104 Å². The second kappa shape index (κ2) is 10.6. The maximum atomic E-state index is 11.6. The smallest absolute Gasteiger partial charge is 0.331 e. The van der Waals surface area contributed by atoms with Crippen molar-refractivity contribution in [3.8, 4) is 0 Å². The molecule has 114 valence electrons. The van der Waals surface area contributed by atoms with Crippen LogP contribution >= 0.6 is 21.6 Å². The first kappa shape index (κ1) is 18.9. The average Bonchev–Trinajstić information content (AvgIpc) is 2.43. The summed E-state index contributed by atoms with van der Waals surface area (Å²) in [6.45, 7) is 6.02. The number of rotatable bonds is 10. The molecule has 0 rings (SSSR count). The molecule has 0 bridgehead atoms. The number of aliphatic carboxylic acids is 1. The fraction of sp³-hybridized carbons (Fsp3) is 0.500. The van der Waals surface area contributed by atoms with Gasteiger partial charge in [-0.2, -0.15) is 0 Å². The number of carbonyl (C=O) groups is 2. The maximum absolute atomic E-state index is 11.6. The molecule has 0 saturated heterocycles. The fourth-order valence-electron chi connectivity index (χ4n) is 1.40. The van der Waals surface area contributed by atoms with Crippen LogP contribution in [0.4, 0.5) is 0 Å². The first-order valence-electron chi connectivity index (χ1n) is 5.95. The summed E-state index contributed by atoms with van der Waals surface area (Å²) in [7, 11) is 3.43. The van der Waals surface area contributed by atoms with Crippen LogP contribution in [0.5, 0.6) is 0 Å². The van der Waals surface area contributed by atoms with Crippen LogP contribution in [0.1, 0.15) is 19.8 Å². The summed E-state index contributed by atoms with van der Waals surface area (Å²) in [6, 6.07) is 0. The minimum absolute atomic E-state index is 0.00121. The molecule has 0 aromatic rings. The summed E-state index contributed by atoms with van der Waals surface area (Å²) in [5.41, 5.74) is 2.91. The van der Waals surface area contributed by atoms with Crippen molar-refractivity contribution in [3.63, 3.8) is 0 Å². The van der Waals surface area contributed by atoms with Gasteiger partial charge in [0.05, 0.1) is 0 Å². The molecule has 6 nitrogen and oxygen atoms in total. The molecule has 0 aromatic heterocycles. The third kappa shape index (κ3) is 7.46. The second-order valence-electron chi connectivity index (χ2n) is 3.90. The summed E-state index contributed by atoms with van der Waals surface area (Å²) in [5, 5.41) is 12.1. The van der Waals surface area contributed by atoms with Crippen LogP contribution in [0.25, 0.3) is 0 Å². The van der Waals surface area contributed by atoms with Gasteiger partial charge in [0.25, 0.3) is 5.91 Å². The Bertz CT molecular complexity index is 397. The van der Waals surface area contributed by atoms with Gasteiger partial charge in [0, 0.05) is 29.1 Å². The predicted octanol–water partition coefficient (Wildman–Crippen LogP) is 1.27. The Labute approximate surface area is 127 Å². The van der Waals surface area contributed by atoms with E-state index in [0.29, 0.717) is 6.42 Å². The Morgan fingerprint density at radius 1 is 1.35 bits per heavy atom. The van der Waals surface area contributed by atoms with Crippen molar-refractivity contribution in [3.05, 3.63) is 23.4 Å². The zero-order chi connectivity index (χ0) is 15.5. The highest BCUT2D eigenvalue weighted by atomic mass is 33.1. The average molecular weight is 319 g/mol. The summed E-state index contributed by atoms with van der Waals surface area (Å²) in [4.78, 5) is 22.5. The molecular formula is C12H21N3O3S2. The Morgan fingerprint density at radius 3 is 2.50 bits per heavy atom. The van der Waals surface area contributed by atoms with Crippen molar-refractivity contribution < 1.29 is 14.7 Å². The lowest BCUT2D eigenvalue weighted by molar-refractivity contribution is -0.133. The van der Waals surface area contributed by atoms with Gasteiger partial charge >= 0.3 is 5.97 Å². The monoisotopic (exact) mass is 319 g/mol. The Morgan fingerprint density at radius 2 is 2.00 bits per heavy atom. The number of carboxylic acids is 1. The molecule has 0 aliphatic heterocycles. The van der Waals surface area contributed by atoms with E-state index in [4.69, 9.17) is 10.9 Å². The van der Waals surface area contributed by atoms with E-state index in [9.17, 15) is 9.59 Å². The molecule has 8 heteroatoms. The maximum Gasteiger partial charge on any atom is 0.331 e. The van der Waals surface area contributed by atoms with Gasteiger partial charge < -0.3 is 10.4 Å². The van der Waals surface area contributed by atoms with Gasteiger partial charge in [-0.1, -0.05) is 28.2 Å². The van der Waals surface area contributed by atoms with E-state index in [1.54, 1.807) is 21.6 Å². The van der Waals surface area contributed by atoms with Crippen LogP contribution in [0, 0.1) is 0 Å². The third-order valence-corrected chi connectivity index (χ3v) is 4.35. The quantitative estimate of drug-likeness (QED) is 0.120. The minimum atomic E-state index is -1.13. The van der Waals surface area contributed by atoms with E-state index in [2.05, 4.69) is 11.9 Å². The summed E-state index contributed by atoms with van der Waals surface area (Å²) in [5.74, 6) is 4.31. The number of carbonyl (C=O) groups excluding carboxylic acids is 1. The number of amides is 1. The van der Waals surface area contributed by atoms with Crippen molar-refractivity contribution in [2.45, 2.75) is 19.8 Å². The van der Waals surface area contributed by atoms with Gasteiger partial charge in [0.1, 0.15) is 0 Å². The number of hydrazine groups is 1. The molecule has 1 amide bonds. The van der Waals surface area contributed by atoms with Gasteiger partial charge in [-0.15, -0.1) is 0 Å². The first-order valence-corrected chi connectivity index (χ1v) is 8.68. The lowest BCUT2D eigenvalue weighted by Crippen LogP contribution is -2.32. The summed E-state index contributed by atoms with van der Waals surface area (Å²) >= 11 is 0. The van der Waals surface area contributed by atoms with Gasteiger partial charge in [0.15, 0.2) is 0 Å². The van der Waals surface area contributed by atoms with Crippen LogP contribution in [-0.2, 0) is 9.59 Å². The fourth-order valence-corrected chi connectivity index (χ4v) is 2.51. The van der Waals surface area contributed by atoms with Crippen LogP contribution in [0.2, 0.25) is 0 Å². The zero-order valence-corrected chi connectivity index (χ0v) is 13.3. The highest BCUT2D eigenvalue weighted by molar-refractivity contribution is 8.76. The molecule has 0 saturated carbocycles. The van der Waals surface area contributed by atoms with E-state index in [0.717, 1.165) is 18.0 Å². The highest BCUT2D eigenvalue weighted by Crippen LogP contribution is 2.16. The standard InChI is InChI=1S/C12H21N3O3S2/c1-8(14-6-7-20-19-3)4-5-10(11(16)15-13)9(2)12(17)18/h14H,1,4-7,13H2,2-3H3,(H,15,16)(H,17,18)/b10-9-. The summed E-state index contributed by atoms with van der Waals surface area (Å²) in [6.07, 6.45) is 2.77. The van der Waals surface area contributed by atoms with Gasteiger partial charge in [-0.25, -0.2) is 10.6 Å². The van der Waals surface area contributed by atoms with Crippen molar-refractivity contribution in [2.24, 2.45) is 5.84 Å². The Hall–Kier alpha value is -1.12. The normalized spacial score (nSPS) is 11.6. The first-order chi connectivity index (χ1) is 9.43. The number of nitrogens with one attached hydrogen (secondary N) is 2. The van der Waals surface area contributed by atoms with Gasteiger partial charge in [-0.3, -0.25) is 10.2 Å². The largest absolute Gasteiger partial charge is 0.478 e. The van der Waals surface area contributed by atoms with E-state index >= 15 is 0 Å². The number of hydrogen-bond acceptors (Lipinski definition) is 6. The molecule has 0 heterocycles. The molecule has 0 aliphatic carbocycles. The van der Waals surface area contributed by atoms with Crippen molar-refractivity contribution in [1.82, 2.24) is 10.7 Å². The number of nitrogens with two attached hydrogens (primary N) is 1. The molecule has 5 N–H and O–H groups in total. The molecular weight excluding hydrogens is 298 g/mol. The number of hydrogen-bond donors (Lipinski definition) is 4. The second-order valence-corrected chi connectivity index (χ2v) is 6.59. The van der Waals surface area contributed by atoms with E-state index in [-0.39, 0.29) is 17.6 Å². The minimum Gasteiger partial charge on any atom is -0.478 e. The van der Waals surface area contributed by atoms with Gasteiger partial charge in [-0.05, 0) is 26.0 Å². The predicted molar refractivity (Wildman–Crippen MR) is 85.0 cm³/mol. The van der Waals surface area contributed by atoms with Crippen LogP contribution in [0.3, 0.4) is 0 Å². The highest BCUT2D eigenvalue weighted by Gasteiger charge is 2.16. The number of allylic oxidation sites excluding steroid dienone is 1. The van der Waals surface area contributed by atoms with Crippen LogP contribution in [-0.4, -0.2) is 35.5 Å². The van der Waals surface area contributed by atoms with Gasteiger partial charge in [0.2, 0.25) is 0 Å². The Kier molecular flexibility index (Phi) is 10.0. The van der Waals surface area contributed by atoms with E-state index in [1.165, 1.54) is 6.92 Å². The van der Waals surface area contributed by atoms with Crippen molar-refractivity contribution in [1.29, 1.82) is 0 Å². The van der Waals surface area contributed by atoms with E-state index < -0.39 is 11.9 Å². The van der Waals surface area contributed by atoms with E-state index in [1.807, 2.05) is 11.7 Å². The summed E-state index contributed by atoms with van der Waals surface area (Å²) < 4.78 is 0. The molecule has 0 fully saturated rings. The molecule has 0 radical (unpaired) electrons. The third-order valence-electron chi connectivity index (χ3n) is 2.53. The molecule has 0 spiro atoms.